The van der Waals surface area contributed by atoms with Gasteiger partial charge in [0.15, 0.2) is 0 Å². The van der Waals surface area contributed by atoms with Crippen LogP contribution in [0.3, 0.4) is 0 Å². The maximum Gasteiger partial charge on any atom is 0.127 e. The van der Waals surface area contributed by atoms with Crippen molar-refractivity contribution >= 4 is 0 Å². The average Bonchev–Trinajstić information content (AvgIpc) is 3.02. The number of para-hydroxylation sites is 1. The van der Waals surface area contributed by atoms with Gasteiger partial charge in [-0.05, 0) is 42.7 Å². The molecule has 3 rings (SSSR count). The van der Waals surface area contributed by atoms with E-state index in [4.69, 9.17) is 9.47 Å². The van der Waals surface area contributed by atoms with Crippen molar-refractivity contribution in [2.24, 2.45) is 0 Å². The van der Waals surface area contributed by atoms with E-state index in [0.717, 1.165) is 31.2 Å². The second kappa shape index (κ2) is 7.25. The fourth-order valence-corrected chi connectivity index (χ4v) is 2.53. The van der Waals surface area contributed by atoms with Gasteiger partial charge in [-0.2, -0.15) is 0 Å². The molecule has 0 spiro atoms. The Morgan fingerprint density at radius 1 is 1.05 bits per heavy atom. The fourth-order valence-electron chi connectivity index (χ4n) is 2.53. The largest absolute Gasteiger partial charge is 0.457 e. The molecule has 3 heteroatoms. The minimum Gasteiger partial charge on any atom is -0.457 e. The molecule has 1 atom stereocenters. The predicted octanol–water partition coefficient (Wildman–Crippen LogP) is 3.75. The molecule has 0 amide bonds. The molecule has 0 saturated carbocycles. The molecular formula is C18H21NO2. The van der Waals surface area contributed by atoms with Crippen LogP contribution in [-0.2, 0) is 11.3 Å². The Balaban J connectivity index is 1.53. The third-order valence-electron chi connectivity index (χ3n) is 3.60. The highest BCUT2D eigenvalue weighted by Gasteiger charge is 2.14. The summed E-state index contributed by atoms with van der Waals surface area (Å²) in [6, 6.07) is 18.1. The normalized spacial score (nSPS) is 17.8. The summed E-state index contributed by atoms with van der Waals surface area (Å²) in [5.74, 6) is 1.74. The molecule has 0 aliphatic carbocycles. The highest BCUT2D eigenvalue weighted by molar-refractivity contribution is 5.33. The van der Waals surface area contributed by atoms with Gasteiger partial charge in [-0.15, -0.1) is 0 Å². The molecular weight excluding hydrogens is 262 g/mol. The molecule has 3 nitrogen and oxygen atoms in total. The Morgan fingerprint density at radius 3 is 2.71 bits per heavy atom. The summed E-state index contributed by atoms with van der Waals surface area (Å²) < 4.78 is 11.5. The molecule has 1 aliphatic rings. The van der Waals surface area contributed by atoms with Crippen molar-refractivity contribution in [3.8, 4) is 11.5 Å². The molecule has 1 heterocycles. The molecule has 0 aromatic heterocycles. The van der Waals surface area contributed by atoms with Crippen molar-refractivity contribution in [3.05, 3.63) is 60.2 Å². The van der Waals surface area contributed by atoms with E-state index in [1.807, 2.05) is 42.5 Å². The standard InChI is InChI=1S/C18H21NO2/c1-2-7-16(8-3-1)21-17-9-4-6-15(12-17)13-19-14-18-10-5-11-20-18/h1-4,6-9,12,18-19H,5,10-11,13-14H2/t18-/m1/s1. The third kappa shape index (κ3) is 4.31. The molecule has 2 aromatic carbocycles. The minimum absolute atomic E-state index is 0.383. The summed E-state index contributed by atoms with van der Waals surface area (Å²) in [5.41, 5.74) is 1.22. The summed E-state index contributed by atoms with van der Waals surface area (Å²) in [4.78, 5) is 0. The number of hydrogen-bond acceptors (Lipinski definition) is 3. The SMILES string of the molecule is c1ccc(Oc2cccc(CNC[C@H]3CCCO3)c2)cc1. The predicted molar refractivity (Wildman–Crippen MR) is 83.6 cm³/mol. The summed E-state index contributed by atoms with van der Waals surface area (Å²) in [7, 11) is 0. The van der Waals surface area contributed by atoms with E-state index in [1.54, 1.807) is 0 Å². The second-order valence-corrected chi connectivity index (χ2v) is 5.33. The lowest BCUT2D eigenvalue weighted by molar-refractivity contribution is 0.110. The molecule has 1 saturated heterocycles. The molecule has 1 fully saturated rings. The van der Waals surface area contributed by atoms with Crippen LogP contribution in [0.1, 0.15) is 18.4 Å². The first-order chi connectivity index (χ1) is 10.4. The first kappa shape index (κ1) is 14.1. The van der Waals surface area contributed by atoms with Crippen molar-refractivity contribution < 1.29 is 9.47 Å². The lowest BCUT2D eigenvalue weighted by Gasteiger charge is -2.11. The van der Waals surface area contributed by atoms with Gasteiger partial charge in [-0.25, -0.2) is 0 Å². The summed E-state index contributed by atoms with van der Waals surface area (Å²) in [5, 5.41) is 3.45. The first-order valence-electron chi connectivity index (χ1n) is 7.54. The quantitative estimate of drug-likeness (QED) is 0.876. The average molecular weight is 283 g/mol. The van der Waals surface area contributed by atoms with Gasteiger partial charge in [-0.1, -0.05) is 30.3 Å². The smallest absolute Gasteiger partial charge is 0.127 e. The summed E-state index contributed by atoms with van der Waals surface area (Å²) in [6.07, 6.45) is 2.74. The van der Waals surface area contributed by atoms with Crippen LogP contribution in [0.2, 0.25) is 0 Å². The number of nitrogens with one attached hydrogen (secondary N) is 1. The maximum atomic E-state index is 5.85. The van der Waals surface area contributed by atoms with E-state index < -0.39 is 0 Å². The molecule has 1 aliphatic heterocycles. The topological polar surface area (TPSA) is 30.5 Å². The Kier molecular flexibility index (Phi) is 4.87. The highest BCUT2D eigenvalue weighted by atomic mass is 16.5. The highest BCUT2D eigenvalue weighted by Crippen LogP contribution is 2.21. The van der Waals surface area contributed by atoms with E-state index in [0.29, 0.717) is 6.10 Å². The molecule has 1 N–H and O–H groups in total. The van der Waals surface area contributed by atoms with Crippen LogP contribution in [0.4, 0.5) is 0 Å². The van der Waals surface area contributed by atoms with Crippen molar-refractivity contribution in [2.75, 3.05) is 13.2 Å². The van der Waals surface area contributed by atoms with Gasteiger partial charge >= 0.3 is 0 Å². The summed E-state index contributed by atoms with van der Waals surface area (Å²) >= 11 is 0. The van der Waals surface area contributed by atoms with Crippen molar-refractivity contribution in [1.82, 2.24) is 5.32 Å². The maximum absolute atomic E-state index is 5.85. The zero-order chi connectivity index (χ0) is 14.3. The lowest BCUT2D eigenvalue weighted by atomic mass is 10.2. The molecule has 2 aromatic rings. The third-order valence-corrected chi connectivity index (χ3v) is 3.60. The van der Waals surface area contributed by atoms with Crippen LogP contribution < -0.4 is 10.1 Å². The van der Waals surface area contributed by atoms with E-state index >= 15 is 0 Å². The van der Waals surface area contributed by atoms with E-state index in [9.17, 15) is 0 Å². The van der Waals surface area contributed by atoms with Crippen LogP contribution >= 0.6 is 0 Å². The van der Waals surface area contributed by atoms with E-state index in [-0.39, 0.29) is 0 Å². The van der Waals surface area contributed by atoms with E-state index in [2.05, 4.69) is 17.4 Å². The first-order valence-corrected chi connectivity index (χ1v) is 7.54. The van der Waals surface area contributed by atoms with Crippen LogP contribution in [0, 0.1) is 0 Å². The number of rotatable bonds is 6. The molecule has 0 radical (unpaired) electrons. The van der Waals surface area contributed by atoms with Crippen molar-refractivity contribution in [2.45, 2.75) is 25.5 Å². The number of hydrogen-bond donors (Lipinski definition) is 1. The molecule has 110 valence electrons. The van der Waals surface area contributed by atoms with Crippen LogP contribution in [-0.4, -0.2) is 19.3 Å². The number of ether oxygens (including phenoxy) is 2. The minimum atomic E-state index is 0.383. The van der Waals surface area contributed by atoms with Gasteiger partial charge < -0.3 is 14.8 Å². The Labute approximate surface area is 125 Å². The monoisotopic (exact) mass is 283 g/mol. The lowest BCUT2D eigenvalue weighted by Crippen LogP contribution is -2.25. The Hall–Kier alpha value is -1.84. The van der Waals surface area contributed by atoms with Crippen LogP contribution in [0.5, 0.6) is 11.5 Å². The van der Waals surface area contributed by atoms with Gasteiger partial charge in [0.1, 0.15) is 11.5 Å². The van der Waals surface area contributed by atoms with Gasteiger partial charge in [0.25, 0.3) is 0 Å². The second-order valence-electron chi connectivity index (χ2n) is 5.33. The van der Waals surface area contributed by atoms with Crippen molar-refractivity contribution in [1.29, 1.82) is 0 Å². The summed E-state index contributed by atoms with van der Waals surface area (Å²) in [6.45, 7) is 2.67. The fraction of sp³-hybridized carbons (Fsp3) is 0.333. The zero-order valence-corrected chi connectivity index (χ0v) is 12.1. The molecule has 21 heavy (non-hydrogen) atoms. The van der Waals surface area contributed by atoms with E-state index in [1.165, 1.54) is 18.4 Å². The van der Waals surface area contributed by atoms with Gasteiger partial charge in [-0.3, -0.25) is 0 Å². The van der Waals surface area contributed by atoms with Gasteiger partial charge in [0.05, 0.1) is 6.10 Å². The number of benzene rings is 2. The Morgan fingerprint density at radius 2 is 1.90 bits per heavy atom. The van der Waals surface area contributed by atoms with Gasteiger partial charge in [0, 0.05) is 19.7 Å². The van der Waals surface area contributed by atoms with Gasteiger partial charge in [0.2, 0.25) is 0 Å². The molecule has 0 bridgehead atoms. The zero-order valence-electron chi connectivity index (χ0n) is 12.1. The molecule has 0 unspecified atom stereocenters. The van der Waals surface area contributed by atoms with Crippen LogP contribution in [0.25, 0.3) is 0 Å². The van der Waals surface area contributed by atoms with Crippen molar-refractivity contribution in [3.63, 3.8) is 0 Å². The van der Waals surface area contributed by atoms with Crippen LogP contribution in [0.15, 0.2) is 54.6 Å². The Bertz CT molecular complexity index is 550.